The van der Waals surface area contributed by atoms with Crippen LogP contribution in [0, 0.1) is 6.92 Å². The Bertz CT molecular complexity index is 990. The maximum Gasteiger partial charge on any atom is 0.263 e. The van der Waals surface area contributed by atoms with Crippen molar-refractivity contribution < 1.29 is 4.79 Å². The van der Waals surface area contributed by atoms with Crippen molar-refractivity contribution in [3.63, 3.8) is 0 Å². The van der Waals surface area contributed by atoms with Gasteiger partial charge in [-0.2, -0.15) is 0 Å². The van der Waals surface area contributed by atoms with E-state index in [-0.39, 0.29) is 11.3 Å². The predicted octanol–water partition coefficient (Wildman–Crippen LogP) is 4.18. The van der Waals surface area contributed by atoms with Crippen LogP contribution in [0.15, 0.2) is 36.7 Å². The first-order valence-corrected chi connectivity index (χ1v) is 9.95. The molecule has 0 saturated heterocycles. The van der Waals surface area contributed by atoms with Crippen molar-refractivity contribution in [2.45, 2.75) is 39.7 Å². The Balaban J connectivity index is 1.69. The van der Waals surface area contributed by atoms with Gasteiger partial charge in [-0.15, -0.1) is 11.3 Å². The molecule has 2 heterocycles. The van der Waals surface area contributed by atoms with Gasteiger partial charge >= 0.3 is 0 Å². The minimum Gasteiger partial charge on any atom is -0.357 e. The van der Waals surface area contributed by atoms with Crippen LogP contribution in [-0.4, -0.2) is 27.9 Å². The molecule has 3 aromatic rings. The zero-order chi connectivity index (χ0) is 20.3. The number of carbonyl (C=O) groups excluding carboxylic acids is 1. The van der Waals surface area contributed by atoms with E-state index in [0.29, 0.717) is 17.4 Å². The fraction of sp³-hybridized carbons (Fsp3) is 0.333. The molecule has 2 aromatic heterocycles. The van der Waals surface area contributed by atoms with Crippen molar-refractivity contribution in [3.8, 4) is 11.3 Å². The van der Waals surface area contributed by atoms with Crippen molar-refractivity contribution in [2.75, 3.05) is 12.4 Å². The summed E-state index contributed by atoms with van der Waals surface area (Å²) >= 11 is 1.45. The second-order valence-electron chi connectivity index (χ2n) is 7.62. The van der Waals surface area contributed by atoms with Crippen molar-refractivity contribution >= 4 is 23.2 Å². The van der Waals surface area contributed by atoms with Gasteiger partial charge in [-0.05, 0) is 30.2 Å². The highest BCUT2D eigenvalue weighted by atomic mass is 32.1. The highest BCUT2D eigenvalue weighted by molar-refractivity contribution is 7.13. The van der Waals surface area contributed by atoms with Crippen molar-refractivity contribution in [3.05, 3.63) is 57.7 Å². The lowest BCUT2D eigenvalue weighted by Gasteiger charge is -2.13. The third kappa shape index (κ3) is 4.54. The molecular weight excluding hydrogens is 370 g/mol. The SMILES string of the molecule is CNc1nccc(-c2ccc(CNC(=O)c3cnc(C(C)(C)C)s3)c(C)c2)n1. The van der Waals surface area contributed by atoms with Gasteiger partial charge in [-0.1, -0.05) is 32.9 Å². The number of hydrogen-bond donors (Lipinski definition) is 2. The van der Waals surface area contributed by atoms with Gasteiger partial charge in [0, 0.05) is 30.8 Å². The van der Waals surface area contributed by atoms with E-state index in [1.807, 2.05) is 25.1 Å². The topological polar surface area (TPSA) is 79.8 Å². The van der Waals surface area contributed by atoms with Crippen molar-refractivity contribution in [1.29, 1.82) is 0 Å². The van der Waals surface area contributed by atoms with Crippen LogP contribution >= 0.6 is 11.3 Å². The largest absolute Gasteiger partial charge is 0.357 e. The van der Waals surface area contributed by atoms with E-state index >= 15 is 0 Å². The molecule has 0 unspecified atom stereocenters. The molecule has 146 valence electrons. The van der Waals surface area contributed by atoms with Crippen molar-refractivity contribution in [1.82, 2.24) is 20.3 Å². The molecule has 28 heavy (non-hydrogen) atoms. The van der Waals surface area contributed by atoms with Gasteiger partial charge in [-0.3, -0.25) is 4.79 Å². The molecule has 0 fully saturated rings. The molecule has 0 bridgehead atoms. The standard InChI is InChI=1S/C21H25N5OS/c1-13-10-14(16-8-9-23-20(22-5)26-16)6-7-15(13)11-24-18(27)17-12-25-19(28-17)21(2,3)4/h6-10,12H,11H2,1-5H3,(H,24,27)(H,22,23,26). The number of benzene rings is 1. The normalized spacial score (nSPS) is 11.3. The van der Waals surface area contributed by atoms with Crippen LogP contribution in [0.1, 0.15) is 46.6 Å². The summed E-state index contributed by atoms with van der Waals surface area (Å²) in [6.07, 6.45) is 3.39. The number of thiazole rings is 1. The molecule has 0 aliphatic heterocycles. The maximum atomic E-state index is 12.5. The molecule has 0 aliphatic rings. The van der Waals surface area contributed by atoms with Crippen LogP contribution < -0.4 is 10.6 Å². The van der Waals surface area contributed by atoms with Crippen LogP contribution in [0.4, 0.5) is 5.95 Å². The molecule has 6 nitrogen and oxygen atoms in total. The number of aromatic nitrogens is 3. The first kappa shape index (κ1) is 19.9. The molecule has 3 rings (SSSR count). The number of rotatable bonds is 5. The summed E-state index contributed by atoms with van der Waals surface area (Å²) in [5, 5.41) is 6.90. The van der Waals surface area contributed by atoms with Gasteiger partial charge in [0.2, 0.25) is 5.95 Å². The van der Waals surface area contributed by atoms with Crippen LogP contribution in [0.3, 0.4) is 0 Å². The zero-order valence-electron chi connectivity index (χ0n) is 16.8. The molecule has 1 aromatic carbocycles. The Labute approximate surface area is 169 Å². The molecule has 0 saturated carbocycles. The summed E-state index contributed by atoms with van der Waals surface area (Å²) < 4.78 is 0. The number of anilines is 1. The lowest BCUT2D eigenvalue weighted by Crippen LogP contribution is -2.22. The Hall–Kier alpha value is -2.80. The molecule has 0 atom stereocenters. The van der Waals surface area contributed by atoms with Crippen LogP contribution in [0.5, 0.6) is 0 Å². The first-order valence-electron chi connectivity index (χ1n) is 9.13. The van der Waals surface area contributed by atoms with Crippen LogP contribution in [-0.2, 0) is 12.0 Å². The Kier molecular flexibility index (Phi) is 5.74. The van der Waals surface area contributed by atoms with Crippen LogP contribution in [0.25, 0.3) is 11.3 Å². The van der Waals surface area contributed by atoms with E-state index in [2.05, 4.69) is 52.4 Å². The van der Waals surface area contributed by atoms with Crippen molar-refractivity contribution in [2.24, 2.45) is 0 Å². The highest BCUT2D eigenvalue weighted by Gasteiger charge is 2.20. The maximum absolute atomic E-state index is 12.5. The van der Waals surface area contributed by atoms with E-state index in [1.165, 1.54) is 11.3 Å². The minimum absolute atomic E-state index is 0.0518. The summed E-state index contributed by atoms with van der Waals surface area (Å²) in [5.74, 6) is 0.497. The minimum atomic E-state index is -0.0917. The lowest BCUT2D eigenvalue weighted by atomic mass is 9.98. The van der Waals surface area contributed by atoms with Crippen LogP contribution in [0.2, 0.25) is 0 Å². The second-order valence-corrected chi connectivity index (χ2v) is 8.65. The highest BCUT2D eigenvalue weighted by Crippen LogP contribution is 2.27. The van der Waals surface area contributed by atoms with E-state index in [0.717, 1.165) is 27.4 Å². The summed E-state index contributed by atoms with van der Waals surface area (Å²) in [6.45, 7) is 8.79. The number of hydrogen-bond acceptors (Lipinski definition) is 6. The monoisotopic (exact) mass is 395 g/mol. The zero-order valence-corrected chi connectivity index (χ0v) is 17.6. The number of carbonyl (C=O) groups is 1. The molecule has 1 amide bonds. The van der Waals surface area contributed by atoms with E-state index in [4.69, 9.17) is 0 Å². The summed E-state index contributed by atoms with van der Waals surface area (Å²) in [6, 6.07) is 8.00. The fourth-order valence-electron chi connectivity index (χ4n) is 2.68. The average molecular weight is 396 g/mol. The Morgan fingerprint density at radius 1 is 1.18 bits per heavy atom. The lowest BCUT2D eigenvalue weighted by molar-refractivity contribution is 0.0954. The van der Waals surface area contributed by atoms with Gasteiger partial charge in [0.1, 0.15) is 4.88 Å². The smallest absolute Gasteiger partial charge is 0.263 e. The number of aryl methyl sites for hydroxylation is 1. The molecule has 7 heteroatoms. The van der Waals surface area contributed by atoms with E-state index < -0.39 is 0 Å². The molecule has 0 radical (unpaired) electrons. The van der Waals surface area contributed by atoms with Gasteiger partial charge in [-0.25, -0.2) is 15.0 Å². The number of nitrogens with zero attached hydrogens (tertiary/aromatic N) is 3. The first-order chi connectivity index (χ1) is 13.3. The Morgan fingerprint density at radius 2 is 1.96 bits per heavy atom. The third-order valence-corrected chi connectivity index (χ3v) is 5.75. The van der Waals surface area contributed by atoms with Gasteiger partial charge in [0.15, 0.2) is 0 Å². The summed E-state index contributed by atoms with van der Waals surface area (Å²) in [7, 11) is 1.80. The molecular formula is C21H25N5OS. The second kappa shape index (κ2) is 8.06. The number of amides is 1. The van der Waals surface area contributed by atoms with E-state index in [1.54, 1.807) is 19.4 Å². The number of nitrogens with one attached hydrogen (secondary N) is 2. The average Bonchev–Trinajstić information content (AvgIpc) is 3.17. The molecule has 0 spiro atoms. The Morgan fingerprint density at radius 3 is 2.61 bits per heavy atom. The summed E-state index contributed by atoms with van der Waals surface area (Å²) in [4.78, 5) is 26.1. The van der Waals surface area contributed by atoms with E-state index in [9.17, 15) is 4.79 Å². The molecule has 0 aliphatic carbocycles. The van der Waals surface area contributed by atoms with Gasteiger partial charge < -0.3 is 10.6 Å². The molecule has 2 N–H and O–H groups in total. The van der Waals surface area contributed by atoms with Gasteiger partial charge in [0.25, 0.3) is 5.91 Å². The van der Waals surface area contributed by atoms with Gasteiger partial charge in [0.05, 0.1) is 16.9 Å². The quantitative estimate of drug-likeness (QED) is 0.677. The predicted molar refractivity (Wildman–Crippen MR) is 114 cm³/mol. The fourth-order valence-corrected chi connectivity index (χ4v) is 3.57. The third-order valence-electron chi connectivity index (χ3n) is 4.33. The summed E-state index contributed by atoms with van der Waals surface area (Å²) in [5.41, 5.74) is 3.99.